The van der Waals surface area contributed by atoms with Gasteiger partial charge in [0.15, 0.2) is 0 Å². The predicted octanol–water partition coefficient (Wildman–Crippen LogP) is -0.201. The average Bonchev–Trinajstić information content (AvgIpc) is 2.99. The van der Waals surface area contributed by atoms with Crippen LogP contribution in [-0.4, -0.2) is 71.8 Å². The van der Waals surface area contributed by atoms with E-state index in [2.05, 4.69) is 0 Å². The number of hydrogen-bond donors (Lipinski definition) is 3. The van der Waals surface area contributed by atoms with Crippen LogP contribution in [0.5, 0.6) is 0 Å². The summed E-state index contributed by atoms with van der Waals surface area (Å²) in [5.74, 6) is -0.248. The first kappa shape index (κ1) is 18.9. The Balaban J connectivity index is 1.81. The van der Waals surface area contributed by atoms with E-state index in [-0.39, 0.29) is 19.1 Å². The van der Waals surface area contributed by atoms with Crippen molar-refractivity contribution < 1.29 is 51.6 Å². The van der Waals surface area contributed by atoms with E-state index in [0.717, 1.165) is 0 Å². The summed E-state index contributed by atoms with van der Waals surface area (Å²) in [7, 11) is -8.94. The number of ether oxygens (including phenoxy) is 2. The minimum absolute atomic E-state index is 0.180. The van der Waals surface area contributed by atoms with Crippen LogP contribution < -0.4 is 0 Å². The van der Waals surface area contributed by atoms with Crippen LogP contribution in [0.2, 0.25) is 0 Å². The molecule has 13 heteroatoms. The maximum atomic E-state index is 12.1. The fourth-order valence-corrected chi connectivity index (χ4v) is 4.82. The molecule has 2 unspecified atom stereocenters. The number of aliphatic hydroxyl groups excluding tert-OH is 1. The number of phosphoric acid groups is 2. The van der Waals surface area contributed by atoms with Gasteiger partial charge in [-0.25, -0.2) is 9.13 Å². The summed E-state index contributed by atoms with van der Waals surface area (Å²) in [6.45, 7) is 0.917. The Morgan fingerprint density at radius 1 is 0.833 bits per heavy atom. The van der Waals surface area contributed by atoms with Gasteiger partial charge in [-0.1, -0.05) is 6.92 Å². The summed E-state index contributed by atoms with van der Waals surface area (Å²) >= 11 is 0. The molecule has 3 heterocycles. The van der Waals surface area contributed by atoms with Gasteiger partial charge in [0.1, 0.15) is 30.5 Å². The molecule has 0 aromatic carbocycles. The molecule has 0 amide bonds. The van der Waals surface area contributed by atoms with Crippen molar-refractivity contribution in [2.45, 2.75) is 37.4 Å². The van der Waals surface area contributed by atoms with E-state index in [9.17, 15) is 24.0 Å². The molecule has 0 radical (unpaired) electrons. The first-order chi connectivity index (χ1) is 11.2. The van der Waals surface area contributed by atoms with Crippen molar-refractivity contribution in [3.63, 3.8) is 0 Å². The topological polar surface area (TPSA) is 150 Å². The molecule has 3 aliphatic rings. The lowest BCUT2D eigenvalue weighted by Gasteiger charge is -2.28. The average molecular weight is 390 g/mol. The van der Waals surface area contributed by atoms with E-state index < -0.39 is 59.4 Å². The second kappa shape index (κ2) is 7.02. The highest BCUT2D eigenvalue weighted by molar-refractivity contribution is 7.47. The highest BCUT2D eigenvalue weighted by Crippen LogP contribution is 2.51. The van der Waals surface area contributed by atoms with Crippen molar-refractivity contribution in [1.82, 2.24) is 0 Å². The van der Waals surface area contributed by atoms with E-state index in [4.69, 9.17) is 27.6 Å². The van der Waals surface area contributed by atoms with Gasteiger partial charge in [0.05, 0.1) is 26.4 Å². The smallest absolute Gasteiger partial charge is 0.388 e. The van der Waals surface area contributed by atoms with Crippen molar-refractivity contribution in [2.24, 2.45) is 5.92 Å². The zero-order chi connectivity index (χ0) is 17.5. The molecule has 140 valence electrons. The minimum Gasteiger partial charge on any atom is -0.388 e. The second-order valence-corrected chi connectivity index (χ2v) is 8.77. The SMILES string of the molecule is C[C@H]1CO[C@@H]2COP(=O)(O)O[C@H]3[C@@H](O)CO[C@@H]3COP(=O)(O)O[C@@H]12. The standard InChI is InChI=1S/C11H20O11P2/c1-6-2-17-8-4-19-24(15,16)22-11-7(12)3-18-9(11)5-20-23(13,14)21-10(6)8/h6-12H,2-5H2,1H3,(H,13,14)(H,15,16)/t6-,7-,8+,9+,10-,11-/m0/s1. The van der Waals surface area contributed by atoms with Crippen LogP contribution in [0.4, 0.5) is 0 Å². The number of phosphoric ester groups is 2. The van der Waals surface area contributed by atoms with Crippen LogP contribution in [0.25, 0.3) is 0 Å². The molecule has 0 bridgehead atoms. The predicted molar refractivity (Wildman–Crippen MR) is 76.0 cm³/mol. The summed E-state index contributed by atoms with van der Waals surface area (Å²) in [4.78, 5) is 19.7. The van der Waals surface area contributed by atoms with E-state index in [1.54, 1.807) is 6.92 Å². The van der Waals surface area contributed by atoms with Crippen molar-refractivity contribution in [3.8, 4) is 0 Å². The molecule has 0 aromatic rings. The summed E-state index contributed by atoms with van der Waals surface area (Å²) in [5.41, 5.74) is 0. The van der Waals surface area contributed by atoms with Crippen LogP contribution in [-0.2, 0) is 36.7 Å². The third-order valence-corrected chi connectivity index (χ3v) is 6.01. The molecule has 0 aliphatic carbocycles. The molecule has 3 rings (SSSR count). The van der Waals surface area contributed by atoms with Crippen LogP contribution in [0.15, 0.2) is 0 Å². The van der Waals surface area contributed by atoms with Gasteiger partial charge < -0.3 is 24.4 Å². The van der Waals surface area contributed by atoms with Gasteiger partial charge in [0, 0.05) is 5.92 Å². The Morgan fingerprint density at radius 3 is 1.96 bits per heavy atom. The van der Waals surface area contributed by atoms with E-state index >= 15 is 0 Å². The van der Waals surface area contributed by atoms with Crippen molar-refractivity contribution in [2.75, 3.05) is 26.4 Å². The molecule has 3 N–H and O–H groups in total. The molecule has 0 aromatic heterocycles. The van der Waals surface area contributed by atoms with Crippen LogP contribution in [0.3, 0.4) is 0 Å². The fraction of sp³-hybridized carbons (Fsp3) is 1.00. The second-order valence-electron chi connectivity index (χ2n) is 5.96. The lowest BCUT2D eigenvalue weighted by atomic mass is 10.1. The van der Waals surface area contributed by atoms with Crippen LogP contribution in [0, 0.1) is 5.92 Å². The Morgan fingerprint density at radius 2 is 1.33 bits per heavy atom. The molecule has 0 saturated carbocycles. The van der Waals surface area contributed by atoms with E-state index in [1.165, 1.54) is 0 Å². The zero-order valence-corrected chi connectivity index (χ0v) is 14.6. The van der Waals surface area contributed by atoms with Crippen molar-refractivity contribution >= 4 is 15.6 Å². The minimum atomic E-state index is -4.51. The van der Waals surface area contributed by atoms with Crippen LogP contribution in [0.1, 0.15) is 6.92 Å². The van der Waals surface area contributed by atoms with Crippen molar-refractivity contribution in [3.05, 3.63) is 0 Å². The number of hydrogen-bond acceptors (Lipinski definition) is 9. The highest BCUT2D eigenvalue weighted by atomic mass is 31.2. The van der Waals surface area contributed by atoms with E-state index in [1.807, 2.05) is 0 Å². The first-order valence-electron chi connectivity index (χ1n) is 7.39. The Labute approximate surface area is 138 Å². The number of fused-ring (bicyclic) bond motifs is 2. The molecule has 3 aliphatic heterocycles. The summed E-state index contributed by atoms with van der Waals surface area (Å²) in [6, 6.07) is 0. The number of aliphatic hydroxyl groups is 1. The molecule has 8 atom stereocenters. The molecule has 24 heavy (non-hydrogen) atoms. The van der Waals surface area contributed by atoms with Gasteiger partial charge in [-0.3, -0.25) is 18.1 Å². The third-order valence-electron chi connectivity index (χ3n) is 4.04. The lowest BCUT2D eigenvalue weighted by molar-refractivity contribution is -0.0436. The molecule has 3 fully saturated rings. The summed E-state index contributed by atoms with van der Waals surface area (Å²) in [5, 5.41) is 9.80. The maximum Gasteiger partial charge on any atom is 0.472 e. The van der Waals surface area contributed by atoms with Gasteiger partial charge in [0.2, 0.25) is 0 Å². The first-order valence-corrected chi connectivity index (χ1v) is 10.4. The highest BCUT2D eigenvalue weighted by Gasteiger charge is 2.47. The normalized spacial score (nSPS) is 53.7. The van der Waals surface area contributed by atoms with Gasteiger partial charge in [-0.05, 0) is 0 Å². The zero-order valence-electron chi connectivity index (χ0n) is 12.8. The monoisotopic (exact) mass is 390 g/mol. The summed E-state index contributed by atoms with van der Waals surface area (Å²) in [6.07, 6.45) is -5.18. The van der Waals surface area contributed by atoms with Gasteiger partial charge in [-0.15, -0.1) is 0 Å². The molecular weight excluding hydrogens is 370 g/mol. The van der Waals surface area contributed by atoms with Gasteiger partial charge in [0.25, 0.3) is 0 Å². The summed E-state index contributed by atoms with van der Waals surface area (Å²) < 4.78 is 54.6. The van der Waals surface area contributed by atoms with Gasteiger partial charge in [-0.2, -0.15) is 0 Å². The Kier molecular flexibility index (Phi) is 5.52. The molecule has 11 nitrogen and oxygen atoms in total. The third kappa shape index (κ3) is 4.25. The fourth-order valence-electron chi connectivity index (χ4n) is 2.79. The van der Waals surface area contributed by atoms with Crippen LogP contribution >= 0.6 is 15.6 Å². The Hall–Kier alpha value is 0.1000. The largest absolute Gasteiger partial charge is 0.472 e. The Bertz CT molecular complexity index is 508. The maximum absolute atomic E-state index is 12.1. The number of rotatable bonds is 0. The lowest BCUT2D eigenvalue weighted by Crippen LogP contribution is -2.37. The molecule has 3 saturated heterocycles. The van der Waals surface area contributed by atoms with E-state index in [0.29, 0.717) is 0 Å². The molecular formula is C11H20O11P2. The quantitative estimate of drug-likeness (QED) is 0.472. The van der Waals surface area contributed by atoms with Crippen molar-refractivity contribution in [1.29, 1.82) is 0 Å². The molecule has 0 spiro atoms. The van der Waals surface area contributed by atoms with Gasteiger partial charge >= 0.3 is 15.6 Å².